The molecule has 8 heteroatoms. The van der Waals surface area contributed by atoms with E-state index in [1.165, 1.54) is 5.34 Å². The second-order valence-corrected chi connectivity index (χ2v) is 0.0816. The van der Waals surface area contributed by atoms with Crippen LogP contribution in [0.4, 0.5) is 0 Å². The fraction of sp³-hybridized carbons (Fsp3) is 0. The quantitative estimate of drug-likeness (QED) is 0.533. The molecule has 0 amide bonds. The first-order valence-corrected chi connectivity index (χ1v) is 0.383. The summed E-state index contributed by atoms with van der Waals surface area (Å²) in [5, 5.41) is 7.89. The molecule has 9 N–H and O–H groups in total. The van der Waals surface area contributed by atoms with Crippen molar-refractivity contribution < 1.29 is 26.3 Å². The third-order valence-electron chi connectivity index (χ3n) is 0. The summed E-state index contributed by atoms with van der Waals surface area (Å²) < 4.78 is 0. The van der Waals surface area contributed by atoms with Gasteiger partial charge in [0.2, 0.25) is 0 Å². The van der Waals surface area contributed by atoms with E-state index in [4.69, 9.17) is 10.1 Å². The van der Waals surface area contributed by atoms with Crippen molar-refractivity contribution in [3.05, 3.63) is 29.5 Å². The van der Waals surface area contributed by atoms with Crippen molar-refractivity contribution >= 4 is 0 Å². The minimum atomic E-state index is 0. The maximum Gasteiger partial charge on any atom is 4.00 e. The summed E-state index contributed by atoms with van der Waals surface area (Å²) in [6.07, 6.45) is 0. The molecular formula is H9N5O2Pt. The van der Waals surface area contributed by atoms with Crippen molar-refractivity contribution in [3.8, 4) is 0 Å². The van der Waals surface area contributed by atoms with Gasteiger partial charge < -0.3 is 29.8 Å². The molecule has 0 atom stereocenters. The molecule has 0 saturated heterocycles. The van der Waals surface area contributed by atoms with E-state index < -0.39 is 0 Å². The Morgan fingerprint density at radius 3 is 1.00 bits per heavy atom. The van der Waals surface area contributed by atoms with Gasteiger partial charge in [-0.1, -0.05) is 0 Å². The molecule has 0 aromatic rings. The minimum absolute atomic E-state index is 0. The molecule has 7 nitrogen and oxygen atoms in total. The predicted molar refractivity (Wildman–Crippen MR) is 28.7 cm³/mol. The molecule has 0 aliphatic carbocycles. The zero-order valence-corrected chi connectivity index (χ0v) is 6.20. The molecule has 0 heterocycles. The van der Waals surface area contributed by atoms with Gasteiger partial charge in [-0.3, -0.25) is 0 Å². The number of nitrogens with zero attached hydrogens (tertiary/aromatic N) is 1. The van der Waals surface area contributed by atoms with Gasteiger partial charge in [0, 0.05) is 0 Å². The molecule has 0 rings (SSSR count). The molecule has 0 aromatic heterocycles. The third-order valence-corrected chi connectivity index (χ3v) is 0. The minimum Gasteiger partial charge on any atom is -0.693 e. The largest absolute Gasteiger partial charge is 4.00 e. The van der Waals surface area contributed by atoms with Crippen LogP contribution < -0.4 is 0 Å². The molecule has 0 unspecified atom stereocenters. The molecule has 0 fully saturated rings. The van der Waals surface area contributed by atoms with Gasteiger partial charge in [0.15, 0.2) is 5.34 Å². The van der Waals surface area contributed by atoms with E-state index in [1.807, 2.05) is 0 Å². The molecule has 0 spiro atoms. The Hall–Kier alpha value is -0.0717. The second-order valence-electron chi connectivity index (χ2n) is 0.0816. The molecule has 0 aliphatic heterocycles. The third kappa shape index (κ3) is 28000. The first kappa shape index (κ1) is 102. The van der Waals surface area contributed by atoms with E-state index >= 15 is 0 Å². The van der Waals surface area contributed by atoms with Gasteiger partial charge in [-0.05, 0) is 0 Å². The van der Waals surface area contributed by atoms with Crippen LogP contribution in [0.1, 0.15) is 0 Å². The first-order chi connectivity index (χ1) is 1.41. The average Bonchev–Trinajstić information content (AvgIpc) is 0.918. The van der Waals surface area contributed by atoms with Crippen LogP contribution in [0.3, 0.4) is 0 Å². The Kier molecular flexibility index (Phi) is 3610. The van der Waals surface area contributed by atoms with E-state index in [1.54, 1.807) is 0 Å². The Bertz CT molecular complexity index is 17.9. The van der Waals surface area contributed by atoms with Crippen LogP contribution in [-0.4, -0.2) is 5.21 Å². The van der Waals surface area contributed by atoms with Gasteiger partial charge in [-0.2, -0.15) is 0 Å². The van der Waals surface area contributed by atoms with E-state index in [-0.39, 0.29) is 45.7 Å². The first-order valence-electron chi connectivity index (χ1n) is 0.383. The molecule has 56 valence electrons. The van der Waals surface area contributed by atoms with Gasteiger partial charge in [0.25, 0.3) is 0 Å². The normalized spacial score (nSPS) is 1.50. The topological polar surface area (TPSA) is 184 Å². The molecule has 0 aliphatic rings. The Balaban J connectivity index is -0.00000000200. The van der Waals surface area contributed by atoms with Gasteiger partial charge in [0.1, 0.15) is 0 Å². The number of nitrogens with two attached hydrogens (primary N) is 4. The summed E-state index contributed by atoms with van der Waals surface area (Å²) in [4.78, 5) is 8.11. The van der Waals surface area contributed by atoms with Crippen LogP contribution in [0.25, 0.3) is 24.6 Å². The fourth-order valence-electron chi connectivity index (χ4n) is 0. The second kappa shape index (κ2) is 283. The average molecular weight is 306 g/mol. The molecule has 0 bridgehead atoms. The maximum atomic E-state index is 8.11. The van der Waals surface area contributed by atoms with Crippen LogP contribution >= 0.6 is 0 Å². The van der Waals surface area contributed by atoms with Gasteiger partial charge in [-0.25, -0.2) is 0 Å². The molecule has 0 saturated carbocycles. The molecule has 0 aromatic carbocycles. The zero-order valence-electron chi connectivity index (χ0n) is 3.93. The SMILES string of the molecule is O=NO.[NH2-].[NH2-].[NH2-].[NH2-].[Pt+4]. The van der Waals surface area contributed by atoms with E-state index in [9.17, 15) is 0 Å². The maximum absolute atomic E-state index is 8.11. The summed E-state index contributed by atoms with van der Waals surface area (Å²) >= 11 is 0. The Morgan fingerprint density at radius 2 is 1.00 bits per heavy atom. The van der Waals surface area contributed by atoms with Crippen molar-refractivity contribution in [2.24, 2.45) is 5.34 Å². The van der Waals surface area contributed by atoms with Gasteiger partial charge >= 0.3 is 21.1 Å². The van der Waals surface area contributed by atoms with Crippen LogP contribution in [0.5, 0.6) is 0 Å². The van der Waals surface area contributed by atoms with Crippen molar-refractivity contribution in [2.45, 2.75) is 0 Å². The van der Waals surface area contributed by atoms with Crippen molar-refractivity contribution in [3.63, 3.8) is 0 Å². The Labute approximate surface area is 61.7 Å². The monoisotopic (exact) mass is 306 g/mol. The van der Waals surface area contributed by atoms with E-state index in [2.05, 4.69) is 0 Å². The van der Waals surface area contributed by atoms with E-state index in [0.29, 0.717) is 0 Å². The van der Waals surface area contributed by atoms with Gasteiger partial charge in [0.05, 0.1) is 0 Å². The number of rotatable bonds is 0. The molecular weight excluding hydrogens is 297 g/mol. The summed E-state index contributed by atoms with van der Waals surface area (Å²) in [7, 11) is 0. The summed E-state index contributed by atoms with van der Waals surface area (Å²) in [5.74, 6) is 0. The summed E-state index contributed by atoms with van der Waals surface area (Å²) in [6, 6.07) is 0. The Morgan fingerprint density at radius 1 is 1.00 bits per heavy atom. The van der Waals surface area contributed by atoms with E-state index in [0.717, 1.165) is 0 Å². The van der Waals surface area contributed by atoms with Crippen LogP contribution in [-0.2, 0) is 21.1 Å². The van der Waals surface area contributed by atoms with Crippen molar-refractivity contribution in [1.82, 2.24) is 0 Å². The zero-order chi connectivity index (χ0) is 2.71. The van der Waals surface area contributed by atoms with Crippen LogP contribution in [0.2, 0.25) is 0 Å². The van der Waals surface area contributed by atoms with Crippen LogP contribution in [0, 0.1) is 4.91 Å². The standard InChI is InChI=1S/HNO2.4H2N.Pt/c2-1-3;;;;;/h(H,2,3);4*1H2;/q;4*-1;+4. The molecule has 0 radical (unpaired) electrons. The number of hydrogen-bond acceptors (Lipinski definition) is 2. The van der Waals surface area contributed by atoms with Gasteiger partial charge in [-0.15, -0.1) is 4.91 Å². The fourth-order valence-corrected chi connectivity index (χ4v) is 0. The number of hydrogen-bond donors (Lipinski definition) is 1. The smallest absolute Gasteiger partial charge is 0.693 e. The predicted octanol–water partition coefficient (Wildman–Crippen LogP) is 3.01. The van der Waals surface area contributed by atoms with Crippen LogP contribution in [0.15, 0.2) is 5.34 Å². The molecule has 8 heavy (non-hydrogen) atoms. The summed E-state index contributed by atoms with van der Waals surface area (Å²) in [6.45, 7) is 0. The van der Waals surface area contributed by atoms with Crippen molar-refractivity contribution in [2.75, 3.05) is 0 Å². The van der Waals surface area contributed by atoms with Crippen molar-refractivity contribution in [1.29, 1.82) is 0 Å². The summed E-state index contributed by atoms with van der Waals surface area (Å²) in [5.41, 5.74) is 0.